The molecule has 3 rings (SSSR count). The molecule has 0 spiro atoms. The number of carbonyl (C=O) groups is 1. The van der Waals surface area contributed by atoms with Crippen molar-refractivity contribution in [1.82, 2.24) is 4.57 Å². The smallest absolute Gasteiger partial charge is 0.252 e. The summed E-state index contributed by atoms with van der Waals surface area (Å²) in [5, 5.41) is 0.598. The van der Waals surface area contributed by atoms with E-state index in [1.54, 1.807) is 22.8 Å². The SMILES string of the molecule is C#CCn1c(=NC(=O)Cc2ccc(S(C)(=O)=O)cc2)sc2cc(Cl)ccc21. The van der Waals surface area contributed by atoms with Crippen molar-refractivity contribution in [1.29, 1.82) is 0 Å². The number of sulfone groups is 1. The summed E-state index contributed by atoms with van der Waals surface area (Å²) in [6.07, 6.45) is 6.65. The summed E-state index contributed by atoms with van der Waals surface area (Å²) in [6.45, 7) is 0.288. The number of rotatable bonds is 4. The highest BCUT2D eigenvalue weighted by atomic mass is 35.5. The number of nitrogens with zero attached hydrogens (tertiary/aromatic N) is 2. The summed E-state index contributed by atoms with van der Waals surface area (Å²) in [7, 11) is -3.27. The lowest BCUT2D eigenvalue weighted by Crippen LogP contribution is -2.17. The molecule has 27 heavy (non-hydrogen) atoms. The van der Waals surface area contributed by atoms with Crippen molar-refractivity contribution < 1.29 is 13.2 Å². The fraction of sp³-hybridized carbons (Fsp3) is 0.158. The zero-order valence-corrected chi connectivity index (χ0v) is 16.7. The van der Waals surface area contributed by atoms with Gasteiger partial charge in [-0.3, -0.25) is 4.79 Å². The van der Waals surface area contributed by atoms with Crippen LogP contribution in [0, 0.1) is 12.3 Å². The Kier molecular flexibility index (Phi) is 5.51. The zero-order chi connectivity index (χ0) is 19.6. The molecule has 0 radical (unpaired) electrons. The van der Waals surface area contributed by atoms with Crippen LogP contribution < -0.4 is 4.80 Å². The molecule has 138 valence electrons. The number of aromatic nitrogens is 1. The molecule has 0 unspecified atom stereocenters. The Labute approximate surface area is 165 Å². The zero-order valence-electron chi connectivity index (χ0n) is 14.3. The molecule has 0 saturated heterocycles. The predicted molar refractivity (Wildman–Crippen MR) is 107 cm³/mol. The lowest BCUT2D eigenvalue weighted by molar-refractivity contribution is -0.117. The molecule has 1 aromatic heterocycles. The minimum Gasteiger partial charge on any atom is -0.305 e. The summed E-state index contributed by atoms with van der Waals surface area (Å²) in [4.78, 5) is 17.3. The molecule has 0 aliphatic rings. The Balaban J connectivity index is 1.93. The molecule has 3 aromatic rings. The molecule has 1 heterocycles. The van der Waals surface area contributed by atoms with Gasteiger partial charge in [0.25, 0.3) is 5.91 Å². The van der Waals surface area contributed by atoms with Crippen molar-refractivity contribution in [2.45, 2.75) is 17.9 Å². The molecule has 1 amide bonds. The normalized spacial score (nSPS) is 12.3. The maximum absolute atomic E-state index is 12.4. The summed E-state index contributed by atoms with van der Waals surface area (Å²) in [6, 6.07) is 11.6. The molecule has 0 aliphatic heterocycles. The minimum absolute atomic E-state index is 0.0646. The van der Waals surface area contributed by atoms with Crippen LogP contribution in [0.25, 0.3) is 10.2 Å². The second-order valence-corrected chi connectivity index (χ2v) is 9.35. The van der Waals surface area contributed by atoms with E-state index in [1.165, 1.54) is 23.5 Å². The highest BCUT2D eigenvalue weighted by Gasteiger charge is 2.10. The molecular weight excluding hydrogens is 404 g/mol. The first-order chi connectivity index (χ1) is 12.8. The highest BCUT2D eigenvalue weighted by molar-refractivity contribution is 7.90. The molecular formula is C19H15ClN2O3S2. The summed E-state index contributed by atoms with van der Waals surface area (Å²) in [5.41, 5.74) is 1.55. The molecule has 5 nitrogen and oxygen atoms in total. The Hall–Kier alpha value is -2.40. The van der Waals surface area contributed by atoms with Crippen LogP contribution in [0.4, 0.5) is 0 Å². The van der Waals surface area contributed by atoms with E-state index in [4.69, 9.17) is 18.0 Å². The van der Waals surface area contributed by atoms with Gasteiger partial charge in [0.15, 0.2) is 14.6 Å². The van der Waals surface area contributed by atoms with Gasteiger partial charge in [-0.05, 0) is 35.9 Å². The van der Waals surface area contributed by atoms with Crippen LogP contribution in [-0.4, -0.2) is 25.1 Å². The maximum Gasteiger partial charge on any atom is 0.252 e. The van der Waals surface area contributed by atoms with E-state index in [1.807, 2.05) is 12.1 Å². The average molecular weight is 419 g/mol. The Morgan fingerprint density at radius 2 is 1.96 bits per heavy atom. The lowest BCUT2D eigenvalue weighted by atomic mass is 10.1. The molecule has 8 heteroatoms. The monoisotopic (exact) mass is 418 g/mol. The van der Waals surface area contributed by atoms with Gasteiger partial charge >= 0.3 is 0 Å². The molecule has 0 N–H and O–H groups in total. The number of halogens is 1. The van der Waals surface area contributed by atoms with Crippen LogP contribution in [0.1, 0.15) is 5.56 Å². The fourth-order valence-corrected chi connectivity index (χ4v) is 4.50. The van der Waals surface area contributed by atoms with E-state index in [0.29, 0.717) is 15.4 Å². The standard InChI is InChI=1S/C19H15ClN2O3S2/c1-3-10-22-16-9-6-14(20)12-17(16)26-19(22)21-18(23)11-13-4-7-15(8-5-13)27(2,24)25/h1,4-9,12H,10-11H2,2H3. The third-order valence-electron chi connectivity index (χ3n) is 3.82. The largest absolute Gasteiger partial charge is 0.305 e. The number of terminal acetylenes is 1. The van der Waals surface area contributed by atoms with Gasteiger partial charge in [-0.25, -0.2) is 8.42 Å². The van der Waals surface area contributed by atoms with Gasteiger partial charge in [-0.1, -0.05) is 41.0 Å². The van der Waals surface area contributed by atoms with Crippen molar-refractivity contribution in [2.75, 3.05) is 6.26 Å². The van der Waals surface area contributed by atoms with E-state index in [0.717, 1.165) is 16.5 Å². The summed E-state index contributed by atoms with van der Waals surface area (Å²) in [5.74, 6) is 2.23. The van der Waals surface area contributed by atoms with E-state index in [2.05, 4.69) is 10.9 Å². The number of thiazole rings is 1. The van der Waals surface area contributed by atoms with E-state index < -0.39 is 9.84 Å². The van der Waals surface area contributed by atoms with Crippen molar-refractivity contribution in [3.63, 3.8) is 0 Å². The Bertz CT molecular complexity index is 1230. The first-order valence-electron chi connectivity index (χ1n) is 7.87. The van der Waals surface area contributed by atoms with Gasteiger partial charge in [0.05, 0.1) is 28.1 Å². The first kappa shape index (κ1) is 19.4. The van der Waals surface area contributed by atoms with Gasteiger partial charge in [0.1, 0.15) is 0 Å². The molecule has 0 aliphatic carbocycles. The number of amides is 1. The Morgan fingerprint density at radius 1 is 1.26 bits per heavy atom. The van der Waals surface area contributed by atoms with E-state index in [9.17, 15) is 13.2 Å². The predicted octanol–water partition coefficient (Wildman–Crippen LogP) is 3.06. The van der Waals surface area contributed by atoms with Crippen LogP contribution in [-0.2, 0) is 27.6 Å². The summed E-state index contributed by atoms with van der Waals surface area (Å²) < 4.78 is 25.7. The number of hydrogen-bond donors (Lipinski definition) is 0. The first-order valence-corrected chi connectivity index (χ1v) is 11.0. The van der Waals surface area contributed by atoms with Crippen molar-refractivity contribution in [3.8, 4) is 12.3 Å². The molecule has 0 bridgehead atoms. The van der Waals surface area contributed by atoms with E-state index in [-0.39, 0.29) is 23.8 Å². The van der Waals surface area contributed by atoms with Gasteiger partial charge < -0.3 is 4.57 Å². The number of fused-ring (bicyclic) bond motifs is 1. The molecule has 2 aromatic carbocycles. The van der Waals surface area contributed by atoms with Crippen LogP contribution in [0.2, 0.25) is 5.02 Å². The third-order valence-corrected chi connectivity index (χ3v) is 6.23. The second-order valence-electron chi connectivity index (χ2n) is 5.89. The van der Waals surface area contributed by atoms with Gasteiger partial charge in [-0.2, -0.15) is 4.99 Å². The number of carbonyl (C=O) groups excluding carboxylic acids is 1. The van der Waals surface area contributed by atoms with Crippen molar-refractivity contribution in [3.05, 3.63) is 57.9 Å². The molecule has 0 fully saturated rings. The van der Waals surface area contributed by atoms with Crippen LogP contribution in [0.5, 0.6) is 0 Å². The van der Waals surface area contributed by atoms with Gasteiger partial charge in [0, 0.05) is 11.3 Å². The van der Waals surface area contributed by atoms with Crippen LogP contribution in [0.15, 0.2) is 52.4 Å². The average Bonchev–Trinajstić information content (AvgIpc) is 2.91. The molecule has 0 saturated carbocycles. The topological polar surface area (TPSA) is 68.5 Å². The third kappa shape index (κ3) is 4.48. The van der Waals surface area contributed by atoms with Crippen LogP contribution >= 0.6 is 22.9 Å². The summed E-state index contributed by atoms with van der Waals surface area (Å²) >= 11 is 7.37. The van der Waals surface area contributed by atoms with Gasteiger partial charge in [0.2, 0.25) is 0 Å². The van der Waals surface area contributed by atoms with E-state index >= 15 is 0 Å². The van der Waals surface area contributed by atoms with Crippen molar-refractivity contribution in [2.24, 2.45) is 4.99 Å². The van der Waals surface area contributed by atoms with Crippen molar-refractivity contribution >= 4 is 48.9 Å². The Morgan fingerprint density at radius 3 is 2.59 bits per heavy atom. The second kappa shape index (κ2) is 7.69. The molecule has 0 atom stereocenters. The lowest BCUT2D eigenvalue weighted by Gasteiger charge is -2.01. The highest BCUT2D eigenvalue weighted by Crippen LogP contribution is 2.21. The maximum atomic E-state index is 12.4. The fourth-order valence-electron chi connectivity index (χ4n) is 2.55. The number of benzene rings is 2. The quantitative estimate of drug-likeness (QED) is 0.611. The van der Waals surface area contributed by atoms with Crippen LogP contribution in [0.3, 0.4) is 0 Å². The van der Waals surface area contributed by atoms with Gasteiger partial charge in [-0.15, -0.1) is 6.42 Å². The minimum atomic E-state index is -3.27. The number of hydrogen-bond acceptors (Lipinski definition) is 4.